The maximum Gasteiger partial charge on any atom is 0.0686 e. The molecule has 0 saturated heterocycles. The minimum Gasteiger partial charge on any atom is -0.377 e. The normalized spacial score (nSPS) is 10.4. The Labute approximate surface area is 88.7 Å². The van der Waals surface area contributed by atoms with Crippen LogP contribution in [0.1, 0.15) is 39.5 Å². The van der Waals surface area contributed by atoms with Crippen molar-refractivity contribution in [3.63, 3.8) is 0 Å². The van der Waals surface area contributed by atoms with Crippen LogP contribution in [0.2, 0.25) is 0 Å². The summed E-state index contributed by atoms with van der Waals surface area (Å²) in [4.78, 5) is 0. The summed E-state index contributed by atoms with van der Waals surface area (Å²) in [6.07, 6.45) is 4.86. The Morgan fingerprint density at radius 2 is 2.00 bits per heavy atom. The molecule has 0 heterocycles. The van der Waals surface area contributed by atoms with E-state index in [4.69, 9.17) is 4.74 Å². The first-order chi connectivity index (χ1) is 6.81. The predicted molar refractivity (Wildman–Crippen MR) is 62.6 cm³/mol. The fourth-order valence-electron chi connectivity index (χ4n) is 1.16. The third kappa shape index (κ3) is 9.75. The lowest BCUT2D eigenvalue weighted by Gasteiger charge is -2.07. The van der Waals surface area contributed by atoms with E-state index in [2.05, 4.69) is 25.7 Å². The molecule has 84 valence electrons. The van der Waals surface area contributed by atoms with Gasteiger partial charge in [0.1, 0.15) is 0 Å². The Bertz CT molecular complexity index is 134. The van der Waals surface area contributed by atoms with Gasteiger partial charge in [0.15, 0.2) is 0 Å². The van der Waals surface area contributed by atoms with Gasteiger partial charge in [-0.3, -0.25) is 0 Å². The average molecular weight is 199 g/mol. The van der Waals surface area contributed by atoms with Crippen molar-refractivity contribution in [2.45, 2.75) is 39.5 Å². The Morgan fingerprint density at radius 3 is 2.64 bits per heavy atom. The Balaban J connectivity index is 3.10. The lowest BCUT2D eigenvalue weighted by molar-refractivity contribution is 0.150. The highest BCUT2D eigenvalue weighted by atomic mass is 16.5. The molecule has 0 aromatic heterocycles. The second-order valence-electron chi connectivity index (χ2n) is 3.69. The average Bonchev–Trinajstić information content (AvgIpc) is 2.18. The van der Waals surface area contributed by atoms with E-state index in [1.165, 1.54) is 25.7 Å². The Hall–Kier alpha value is -0.340. The molecule has 0 aromatic carbocycles. The van der Waals surface area contributed by atoms with Crippen molar-refractivity contribution in [3.8, 4) is 0 Å². The molecule has 0 bridgehead atoms. The summed E-state index contributed by atoms with van der Waals surface area (Å²) in [6, 6.07) is 0. The van der Waals surface area contributed by atoms with E-state index < -0.39 is 0 Å². The van der Waals surface area contributed by atoms with Crippen LogP contribution in [0.25, 0.3) is 0 Å². The lowest BCUT2D eigenvalue weighted by Crippen LogP contribution is -2.19. The van der Waals surface area contributed by atoms with Gasteiger partial charge >= 0.3 is 0 Å². The number of unbranched alkanes of at least 4 members (excludes halogenated alkanes) is 2. The zero-order valence-electron chi connectivity index (χ0n) is 9.77. The molecule has 1 N–H and O–H groups in total. The van der Waals surface area contributed by atoms with Crippen LogP contribution in [-0.2, 0) is 4.74 Å². The molecule has 0 aromatic rings. The number of ether oxygens (including phenoxy) is 1. The van der Waals surface area contributed by atoms with Crippen molar-refractivity contribution in [2.24, 2.45) is 0 Å². The van der Waals surface area contributed by atoms with Crippen LogP contribution >= 0.6 is 0 Å². The lowest BCUT2D eigenvalue weighted by atomic mass is 10.3. The Kier molecular flexibility index (Phi) is 10.5. The summed E-state index contributed by atoms with van der Waals surface area (Å²) in [5, 5.41) is 3.31. The molecule has 0 fully saturated rings. The van der Waals surface area contributed by atoms with Crippen molar-refractivity contribution < 1.29 is 4.74 Å². The second-order valence-corrected chi connectivity index (χ2v) is 3.69. The highest BCUT2D eigenvalue weighted by Crippen LogP contribution is 1.96. The molecule has 0 aliphatic heterocycles. The van der Waals surface area contributed by atoms with Gasteiger partial charge in [0.2, 0.25) is 0 Å². The second kappa shape index (κ2) is 10.7. The monoisotopic (exact) mass is 199 g/mol. The van der Waals surface area contributed by atoms with E-state index in [1.807, 2.05) is 0 Å². The molecule has 14 heavy (non-hydrogen) atoms. The molecule has 0 saturated carbocycles. The van der Waals surface area contributed by atoms with Crippen molar-refractivity contribution in [2.75, 3.05) is 26.3 Å². The summed E-state index contributed by atoms with van der Waals surface area (Å²) in [6.45, 7) is 11.9. The Morgan fingerprint density at radius 1 is 1.21 bits per heavy atom. The summed E-state index contributed by atoms with van der Waals surface area (Å²) in [5.74, 6) is 0. The highest BCUT2D eigenvalue weighted by molar-refractivity contribution is 4.96. The van der Waals surface area contributed by atoms with Crippen LogP contribution in [0, 0.1) is 0 Å². The van der Waals surface area contributed by atoms with Gasteiger partial charge in [0, 0.05) is 13.2 Å². The van der Waals surface area contributed by atoms with Gasteiger partial charge in [-0.15, -0.1) is 0 Å². The first-order valence-corrected chi connectivity index (χ1v) is 5.76. The van der Waals surface area contributed by atoms with E-state index in [-0.39, 0.29) is 0 Å². The van der Waals surface area contributed by atoms with Crippen LogP contribution in [0.5, 0.6) is 0 Å². The van der Waals surface area contributed by atoms with Gasteiger partial charge in [-0.2, -0.15) is 0 Å². The highest BCUT2D eigenvalue weighted by Gasteiger charge is 1.94. The number of hydrogen-bond acceptors (Lipinski definition) is 2. The standard InChI is InChI=1S/C12H25NO/c1-4-6-7-9-14-11-12(3)10-13-8-5-2/h13H,3-11H2,1-2H3. The van der Waals surface area contributed by atoms with Crippen molar-refractivity contribution in [1.82, 2.24) is 5.32 Å². The molecule has 0 atom stereocenters. The van der Waals surface area contributed by atoms with Gasteiger partial charge in [0.25, 0.3) is 0 Å². The zero-order valence-corrected chi connectivity index (χ0v) is 9.77. The van der Waals surface area contributed by atoms with E-state index in [9.17, 15) is 0 Å². The molecule has 0 unspecified atom stereocenters. The fraction of sp³-hybridized carbons (Fsp3) is 0.833. The minimum absolute atomic E-state index is 0.709. The zero-order chi connectivity index (χ0) is 10.6. The van der Waals surface area contributed by atoms with Crippen molar-refractivity contribution in [1.29, 1.82) is 0 Å². The third-order valence-corrected chi connectivity index (χ3v) is 2.00. The quantitative estimate of drug-likeness (QED) is 0.431. The topological polar surface area (TPSA) is 21.3 Å². The van der Waals surface area contributed by atoms with Crippen LogP contribution in [0.4, 0.5) is 0 Å². The molecular formula is C12H25NO. The van der Waals surface area contributed by atoms with E-state index in [1.54, 1.807) is 0 Å². The van der Waals surface area contributed by atoms with Crippen LogP contribution in [-0.4, -0.2) is 26.3 Å². The maximum atomic E-state index is 5.49. The smallest absolute Gasteiger partial charge is 0.0686 e. The summed E-state index contributed by atoms with van der Waals surface area (Å²) in [5.41, 5.74) is 1.15. The molecule has 2 heteroatoms. The molecule has 2 nitrogen and oxygen atoms in total. The largest absolute Gasteiger partial charge is 0.377 e. The minimum atomic E-state index is 0.709. The molecule has 0 amide bonds. The first kappa shape index (κ1) is 13.7. The van der Waals surface area contributed by atoms with E-state index in [0.717, 1.165) is 25.3 Å². The molecule has 0 aliphatic rings. The summed E-state index contributed by atoms with van der Waals surface area (Å²) < 4.78 is 5.49. The summed E-state index contributed by atoms with van der Waals surface area (Å²) in [7, 11) is 0. The number of nitrogens with one attached hydrogen (secondary N) is 1. The van der Waals surface area contributed by atoms with Gasteiger partial charge in [-0.05, 0) is 25.0 Å². The van der Waals surface area contributed by atoms with Crippen molar-refractivity contribution >= 4 is 0 Å². The molecule has 0 rings (SSSR count). The van der Waals surface area contributed by atoms with Crippen LogP contribution in [0.3, 0.4) is 0 Å². The van der Waals surface area contributed by atoms with Crippen LogP contribution < -0.4 is 5.32 Å². The van der Waals surface area contributed by atoms with Gasteiger partial charge in [-0.25, -0.2) is 0 Å². The fourth-order valence-corrected chi connectivity index (χ4v) is 1.16. The molecule has 0 spiro atoms. The summed E-state index contributed by atoms with van der Waals surface area (Å²) >= 11 is 0. The van der Waals surface area contributed by atoms with Gasteiger partial charge in [0.05, 0.1) is 6.61 Å². The predicted octanol–water partition coefficient (Wildman–Crippen LogP) is 2.75. The van der Waals surface area contributed by atoms with Gasteiger partial charge < -0.3 is 10.1 Å². The molecule has 0 radical (unpaired) electrons. The molecular weight excluding hydrogens is 174 g/mol. The number of rotatable bonds is 10. The van der Waals surface area contributed by atoms with Crippen molar-refractivity contribution in [3.05, 3.63) is 12.2 Å². The van der Waals surface area contributed by atoms with Gasteiger partial charge in [-0.1, -0.05) is 33.3 Å². The van der Waals surface area contributed by atoms with E-state index in [0.29, 0.717) is 6.61 Å². The van der Waals surface area contributed by atoms with E-state index >= 15 is 0 Å². The molecule has 0 aliphatic carbocycles. The maximum absolute atomic E-state index is 5.49. The SMILES string of the molecule is C=C(CNCCC)COCCCCC. The third-order valence-electron chi connectivity index (χ3n) is 2.00. The first-order valence-electron chi connectivity index (χ1n) is 5.76. The number of hydrogen-bond donors (Lipinski definition) is 1. The van der Waals surface area contributed by atoms with Crippen LogP contribution in [0.15, 0.2) is 12.2 Å².